The number of aliphatic hydroxyl groups excluding tert-OH is 1. The van der Waals surface area contributed by atoms with Crippen LogP contribution in [0.25, 0.3) is 10.1 Å². The molecule has 2 heterocycles. The molecule has 0 bridgehead atoms. The summed E-state index contributed by atoms with van der Waals surface area (Å²) in [6.07, 6.45) is 0.0161. The molecule has 0 amide bonds. The van der Waals surface area contributed by atoms with Gasteiger partial charge in [-0.2, -0.15) is 0 Å². The Hall–Kier alpha value is -0.650. The molecular weight excluding hydrogens is 282 g/mol. The van der Waals surface area contributed by atoms with Gasteiger partial charge in [0.15, 0.2) is 0 Å². The molecule has 0 radical (unpaired) electrons. The van der Waals surface area contributed by atoms with Gasteiger partial charge in [-0.15, -0.1) is 23.7 Å². The van der Waals surface area contributed by atoms with Crippen LogP contribution in [0.4, 0.5) is 0 Å². The van der Waals surface area contributed by atoms with E-state index in [1.54, 1.807) is 11.3 Å². The van der Waals surface area contributed by atoms with E-state index in [-0.39, 0.29) is 31.0 Å². The highest BCUT2D eigenvalue weighted by Crippen LogP contribution is 2.35. The Morgan fingerprint density at radius 1 is 1.37 bits per heavy atom. The summed E-state index contributed by atoms with van der Waals surface area (Å²) in [7, 11) is 0. The van der Waals surface area contributed by atoms with E-state index in [4.69, 9.17) is 4.74 Å². The zero-order chi connectivity index (χ0) is 12.4. The monoisotopic (exact) mass is 299 g/mol. The Morgan fingerprint density at radius 2 is 2.21 bits per heavy atom. The number of aliphatic hydroxyl groups is 1. The van der Waals surface area contributed by atoms with Crippen molar-refractivity contribution in [1.82, 2.24) is 5.32 Å². The maximum atomic E-state index is 9.51. The van der Waals surface area contributed by atoms with E-state index >= 15 is 0 Å². The van der Waals surface area contributed by atoms with Crippen LogP contribution in [0.1, 0.15) is 11.0 Å². The highest BCUT2D eigenvalue weighted by molar-refractivity contribution is 7.19. The van der Waals surface area contributed by atoms with Crippen molar-refractivity contribution in [3.63, 3.8) is 0 Å². The highest BCUT2D eigenvalue weighted by atomic mass is 35.5. The molecule has 3 nitrogen and oxygen atoms in total. The molecule has 1 fully saturated rings. The molecule has 2 unspecified atom stereocenters. The molecule has 1 aliphatic rings. The zero-order valence-electron chi connectivity index (χ0n) is 10.5. The topological polar surface area (TPSA) is 41.5 Å². The number of hydrogen-bond acceptors (Lipinski definition) is 4. The van der Waals surface area contributed by atoms with Gasteiger partial charge in [-0.25, -0.2) is 0 Å². The minimum Gasteiger partial charge on any atom is -0.396 e. The van der Waals surface area contributed by atoms with Crippen molar-refractivity contribution < 1.29 is 9.84 Å². The normalized spacial score (nSPS) is 23.8. The summed E-state index contributed by atoms with van der Waals surface area (Å²) >= 11 is 1.77. The zero-order valence-corrected chi connectivity index (χ0v) is 12.2. The first-order valence-corrected chi connectivity index (χ1v) is 7.12. The molecule has 1 saturated heterocycles. The molecule has 1 aromatic heterocycles. The Labute approximate surface area is 123 Å². The average molecular weight is 300 g/mol. The number of fused-ring (bicyclic) bond motifs is 1. The standard InChI is InChI=1S/C14H17NO2S.ClH/c16-9-11-8-15-5-6-17-14(11)13-7-10-3-1-2-4-12(10)18-13;/h1-4,7,11,14-16H,5-6,8-9H2;1H. The fraction of sp³-hybridized carbons (Fsp3) is 0.429. The van der Waals surface area contributed by atoms with E-state index in [0.717, 1.165) is 13.1 Å². The van der Waals surface area contributed by atoms with Crippen molar-refractivity contribution in [2.75, 3.05) is 26.3 Å². The largest absolute Gasteiger partial charge is 0.396 e. The second-order valence-electron chi connectivity index (χ2n) is 4.62. The van der Waals surface area contributed by atoms with Crippen LogP contribution >= 0.6 is 23.7 Å². The van der Waals surface area contributed by atoms with Gasteiger partial charge in [0, 0.05) is 35.2 Å². The number of thiophene rings is 1. The minimum absolute atomic E-state index is 0. The predicted octanol–water partition coefficient (Wildman–Crippen LogP) is 2.59. The van der Waals surface area contributed by atoms with Crippen molar-refractivity contribution in [2.45, 2.75) is 6.10 Å². The van der Waals surface area contributed by atoms with Crippen LogP contribution < -0.4 is 5.32 Å². The van der Waals surface area contributed by atoms with Crippen molar-refractivity contribution in [1.29, 1.82) is 0 Å². The molecule has 3 rings (SSSR count). The molecular formula is C14H18ClNO2S. The van der Waals surface area contributed by atoms with Crippen LogP contribution in [0.5, 0.6) is 0 Å². The maximum Gasteiger partial charge on any atom is 0.0979 e. The van der Waals surface area contributed by atoms with Crippen LogP contribution in [0.2, 0.25) is 0 Å². The smallest absolute Gasteiger partial charge is 0.0979 e. The van der Waals surface area contributed by atoms with Crippen molar-refractivity contribution in [2.24, 2.45) is 5.92 Å². The summed E-state index contributed by atoms with van der Waals surface area (Å²) in [5.74, 6) is 0.139. The quantitative estimate of drug-likeness (QED) is 0.895. The van der Waals surface area contributed by atoms with Crippen molar-refractivity contribution in [3.8, 4) is 0 Å². The van der Waals surface area contributed by atoms with E-state index in [2.05, 4.69) is 35.6 Å². The van der Waals surface area contributed by atoms with Crippen LogP contribution in [0, 0.1) is 5.92 Å². The van der Waals surface area contributed by atoms with E-state index in [0.29, 0.717) is 6.61 Å². The summed E-state index contributed by atoms with van der Waals surface area (Å²) in [6.45, 7) is 2.54. The average Bonchev–Trinajstić information content (AvgIpc) is 2.68. The third-order valence-corrected chi connectivity index (χ3v) is 4.55. The Kier molecular flexibility index (Phi) is 5.19. The van der Waals surface area contributed by atoms with Gasteiger partial charge in [0.25, 0.3) is 0 Å². The number of halogens is 1. The lowest BCUT2D eigenvalue weighted by atomic mass is 10.0. The predicted molar refractivity (Wildman–Crippen MR) is 81.2 cm³/mol. The van der Waals surface area contributed by atoms with Crippen molar-refractivity contribution >= 4 is 33.8 Å². The fourth-order valence-electron chi connectivity index (χ4n) is 2.41. The molecule has 19 heavy (non-hydrogen) atoms. The first-order valence-electron chi connectivity index (χ1n) is 6.30. The Balaban J connectivity index is 0.00000133. The summed E-state index contributed by atoms with van der Waals surface area (Å²) in [5, 5.41) is 14.1. The molecule has 0 spiro atoms. The van der Waals surface area contributed by atoms with Gasteiger partial charge in [0.1, 0.15) is 0 Å². The van der Waals surface area contributed by atoms with Gasteiger partial charge in [-0.05, 0) is 17.5 Å². The van der Waals surface area contributed by atoms with Crippen molar-refractivity contribution in [3.05, 3.63) is 35.2 Å². The lowest BCUT2D eigenvalue weighted by Gasteiger charge is -2.21. The van der Waals surface area contributed by atoms with Gasteiger partial charge < -0.3 is 15.2 Å². The number of nitrogens with one attached hydrogen (secondary N) is 1. The molecule has 2 atom stereocenters. The Bertz CT molecular complexity index is 498. The lowest BCUT2D eigenvalue weighted by Crippen LogP contribution is -2.26. The van der Waals surface area contributed by atoms with Crippen LogP contribution in [0.15, 0.2) is 30.3 Å². The van der Waals surface area contributed by atoms with Crippen LogP contribution in [-0.2, 0) is 4.74 Å². The van der Waals surface area contributed by atoms with Gasteiger partial charge in [-0.1, -0.05) is 18.2 Å². The van der Waals surface area contributed by atoms with Crippen LogP contribution in [-0.4, -0.2) is 31.4 Å². The second kappa shape index (κ2) is 6.68. The van der Waals surface area contributed by atoms with Gasteiger partial charge in [-0.3, -0.25) is 0 Å². The molecule has 1 aliphatic heterocycles. The summed E-state index contributed by atoms with van der Waals surface area (Å²) < 4.78 is 7.19. The second-order valence-corrected chi connectivity index (χ2v) is 5.74. The van der Waals surface area contributed by atoms with Gasteiger partial charge in [0.2, 0.25) is 0 Å². The highest BCUT2D eigenvalue weighted by Gasteiger charge is 2.26. The lowest BCUT2D eigenvalue weighted by molar-refractivity contribution is 0.0139. The van der Waals surface area contributed by atoms with E-state index < -0.39 is 0 Å². The molecule has 104 valence electrons. The molecule has 1 aromatic carbocycles. The summed E-state index contributed by atoms with van der Waals surface area (Å²) in [5.41, 5.74) is 0. The first-order chi connectivity index (χ1) is 8.88. The molecule has 2 aromatic rings. The summed E-state index contributed by atoms with van der Waals surface area (Å²) in [6, 6.07) is 10.6. The number of benzene rings is 1. The number of ether oxygens (including phenoxy) is 1. The van der Waals surface area contributed by atoms with E-state index in [1.165, 1.54) is 15.0 Å². The first kappa shape index (κ1) is 14.8. The van der Waals surface area contributed by atoms with Crippen LogP contribution in [0.3, 0.4) is 0 Å². The Morgan fingerprint density at radius 3 is 3.00 bits per heavy atom. The van der Waals surface area contributed by atoms with Gasteiger partial charge in [0.05, 0.1) is 12.7 Å². The van der Waals surface area contributed by atoms with E-state index in [1.807, 2.05) is 0 Å². The minimum atomic E-state index is 0. The molecule has 0 aliphatic carbocycles. The summed E-state index contributed by atoms with van der Waals surface area (Å²) in [4.78, 5) is 1.22. The third kappa shape index (κ3) is 3.09. The molecule has 5 heteroatoms. The number of hydrogen-bond donors (Lipinski definition) is 2. The SMILES string of the molecule is Cl.OCC1CNCCOC1c1cc2ccccc2s1. The molecule has 2 N–H and O–H groups in total. The van der Waals surface area contributed by atoms with E-state index in [9.17, 15) is 5.11 Å². The molecule has 0 saturated carbocycles. The third-order valence-electron chi connectivity index (χ3n) is 3.37. The fourth-order valence-corrected chi connectivity index (χ4v) is 3.61. The van der Waals surface area contributed by atoms with Gasteiger partial charge >= 0.3 is 0 Å². The maximum absolute atomic E-state index is 9.51. The number of rotatable bonds is 2.